The molecule has 0 saturated carbocycles. The molecule has 6 aromatic rings. The van der Waals surface area contributed by atoms with Crippen molar-refractivity contribution in [1.29, 1.82) is 0 Å². The second kappa shape index (κ2) is 24.9. The summed E-state index contributed by atoms with van der Waals surface area (Å²) >= 11 is 3.33. The van der Waals surface area contributed by atoms with Crippen LogP contribution in [0.15, 0.2) is 97.1 Å². The lowest BCUT2D eigenvalue weighted by Gasteiger charge is -2.07. The van der Waals surface area contributed by atoms with E-state index in [2.05, 4.69) is 122 Å². The lowest BCUT2D eigenvalue weighted by atomic mass is 10.1. The van der Waals surface area contributed by atoms with Crippen LogP contribution in [0.4, 0.5) is 0 Å². The zero-order chi connectivity index (χ0) is 40.0. The second-order valence-electron chi connectivity index (χ2n) is 13.8. The first-order chi connectivity index (χ1) is 27.4. The smallest absolute Gasteiger partial charge is 0.305 e. The van der Waals surface area contributed by atoms with E-state index in [9.17, 15) is 14.4 Å². The molecular weight excluding hydrogens is 768 g/mol. The average molecular weight is 828 g/mol. The van der Waals surface area contributed by atoms with E-state index in [0.717, 1.165) is 76.2 Å². The first-order valence-corrected chi connectivity index (χ1v) is 21.5. The number of Topliss-reactive ketones (excluding diaryl/α,β-unsaturated/α-hetero) is 1. The summed E-state index contributed by atoms with van der Waals surface area (Å²) in [4.78, 5) is 33.2. The number of alkyl halides is 1. The minimum atomic E-state index is -0.327. The standard InChI is InChI=1S/C20H23NO2.C19H21NO2.C8H15BrO2/c1-2-23-20(22)14-4-3-9-15-21-18-12-7-5-10-16(18)17-11-6-8-13-19(17)21;21-14-15(22)8-2-1-7-13-20-18-11-5-3-9-16(18)17-10-4-6-12-19(17)20;1-2-11-8(10)6-4-3-5-7-9/h5-8,10-13H,2-4,9,14-15H2,1H3;3-6,9-12,21H,1-2,7-8,13-14H2;2-7H2,1H3. The molecule has 56 heavy (non-hydrogen) atoms. The number of aliphatic hydroxyl groups excluding tert-OH is 1. The highest BCUT2D eigenvalue weighted by atomic mass is 79.9. The quantitative estimate of drug-likeness (QED) is 0.0467. The topological polar surface area (TPSA) is 99.8 Å². The highest BCUT2D eigenvalue weighted by Crippen LogP contribution is 2.30. The van der Waals surface area contributed by atoms with Crippen molar-refractivity contribution in [3.05, 3.63) is 97.1 Å². The van der Waals surface area contributed by atoms with Crippen LogP contribution in [0.3, 0.4) is 0 Å². The number of aliphatic hydroxyl groups is 1. The van der Waals surface area contributed by atoms with Crippen LogP contribution in [0.1, 0.15) is 90.9 Å². The van der Waals surface area contributed by atoms with E-state index in [1.807, 2.05) is 13.8 Å². The van der Waals surface area contributed by atoms with Gasteiger partial charge in [0.15, 0.2) is 5.78 Å². The van der Waals surface area contributed by atoms with Crippen LogP contribution in [0.2, 0.25) is 0 Å². The van der Waals surface area contributed by atoms with Crippen LogP contribution >= 0.6 is 15.9 Å². The number of para-hydroxylation sites is 4. The van der Waals surface area contributed by atoms with Crippen molar-refractivity contribution in [2.24, 2.45) is 0 Å². The van der Waals surface area contributed by atoms with Crippen molar-refractivity contribution in [1.82, 2.24) is 9.13 Å². The van der Waals surface area contributed by atoms with E-state index in [-0.39, 0.29) is 24.3 Å². The van der Waals surface area contributed by atoms with Crippen molar-refractivity contribution >= 4 is 77.3 Å². The molecule has 6 rings (SSSR count). The minimum absolute atomic E-state index is 0.0585. The molecule has 2 heterocycles. The highest BCUT2D eigenvalue weighted by Gasteiger charge is 2.11. The van der Waals surface area contributed by atoms with Gasteiger partial charge in [0.2, 0.25) is 0 Å². The third kappa shape index (κ3) is 13.3. The molecule has 300 valence electrons. The van der Waals surface area contributed by atoms with E-state index in [1.54, 1.807) is 0 Å². The van der Waals surface area contributed by atoms with E-state index < -0.39 is 0 Å². The number of halogens is 1. The van der Waals surface area contributed by atoms with Gasteiger partial charge in [-0.05, 0) is 76.6 Å². The Morgan fingerprint density at radius 2 is 0.839 bits per heavy atom. The molecule has 9 heteroatoms. The van der Waals surface area contributed by atoms with Crippen molar-refractivity contribution in [3.8, 4) is 0 Å². The molecule has 0 amide bonds. The number of benzene rings is 4. The molecule has 4 aromatic carbocycles. The summed E-state index contributed by atoms with van der Waals surface area (Å²) < 4.78 is 14.5. The lowest BCUT2D eigenvalue weighted by Crippen LogP contribution is -2.03. The third-order valence-electron chi connectivity index (χ3n) is 9.76. The molecule has 0 bridgehead atoms. The summed E-state index contributed by atoms with van der Waals surface area (Å²) in [5.74, 6) is -0.205. The van der Waals surface area contributed by atoms with E-state index in [0.29, 0.717) is 32.5 Å². The summed E-state index contributed by atoms with van der Waals surface area (Å²) in [7, 11) is 0. The number of aryl methyl sites for hydroxylation is 2. The van der Waals surface area contributed by atoms with Gasteiger partial charge in [0.25, 0.3) is 0 Å². The lowest BCUT2D eigenvalue weighted by molar-refractivity contribution is -0.144. The van der Waals surface area contributed by atoms with Crippen LogP contribution in [0.25, 0.3) is 43.6 Å². The fraction of sp³-hybridized carbons (Fsp3) is 0.426. The van der Waals surface area contributed by atoms with Crippen LogP contribution < -0.4 is 0 Å². The number of nitrogens with zero attached hydrogens (tertiary/aromatic N) is 2. The predicted octanol–water partition coefficient (Wildman–Crippen LogP) is 11.3. The number of aromatic nitrogens is 2. The largest absolute Gasteiger partial charge is 0.466 e. The van der Waals surface area contributed by atoms with Gasteiger partial charge < -0.3 is 23.7 Å². The number of hydrogen-bond donors (Lipinski definition) is 1. The normalized spacial score (nSPS) is 10.9. The fourth-order valence-electron chi connectivity index (χ4n) is 7.06. The van der Waals surface area contributed by atoms with Gasteiger partial charge in [0, 0.05) is 81.3 Å². The van der Waals surface area contributed by atoms with Crippen LogP contribution in [-0.4, -0.2) is 57.1 Å². The van der Waals surface area contributed by atoms with E-state index in [4.69, 9.17) is 14.6 Å². The van der Waals surface area contributed by atoms with Crippen LogP contribution in [0.5, 0.6) is 0 Å². The van der Waals surface area contributed by atoms with Gasteiger partial charge in [0.05, 0.1) is 13.2 Å². The van der Waals surface area contributed by atoms with Crippen molar-refractivity contribution < 1.29 is 29.0 Å². The molecule has 2 aromatic heterocycles. The Labute approximate surface area is 340 Å². The summed E-state index contributed by atoms with van der Waals surface area (Å²) in [6.45, 7) is 6.26. The molecule has 0 unspecified atom stereocenters. The predicted molar refractivity (Wildman–Crippen MR) is 233 cm³/mol. The second-order valence-corrected chi connectivity index (χ2v) is 14.6. The first kappa shape index (κ1) is 44.2. The van der Waals surface area contributed by atoms with Crippen molar-refractivity contribution in [3.63, 3.8) is 0 Å². The van der Waals surface area contributed by atoms with Gasteiger partial charge >= 0.3 is 11.9 Å². The number of rotatable bonds is 20. The van der Waals surface area contributed by atoms with Crippen LogP contribution in [0, 0.1) is 0 Å². The zero-order valence-corrected chi connectivity index (χ0v) is 34.8. The maximum absolute atomic E-state index is 11.4. The number of esters is 2. The Bertz CT molecular complexity index is 1990. The molecular formula is C47H59BrN2O6. The molecule has 0 radical (unpaired) electrons. The van der Waals surface area contributed by atoms with Gasteiger partial charge in [-0.3, -0.25) is 14.4 Å². The summed E-state index contributed by atoms with van der Waals surface area (Å²) in [6, 6.07) is 34.2. The number of ether oxygens (including phenoxy) is 2. The summed E-state index contributed by atoms with van der Waals surface area (Å²) in [5.41, 5.74) is 5.13. The Morgan fingerprint density at radius 3 is 1.18 bits per heavy atom. The SMILES string of the molecule is CCOC(=O)CCCCCBr.CCOC(=O)CCCCCn1c2ccccc2c2ccccc21.O=C(CO)CCCCCn1c2ccccc2c2ccccc21. The van der Waals surface area contributed by atoms with Gasteiger partial charge in [-0.2, -0.15) is 0 Å². The molecule has 0 aliphatic rings. The molecule has 0 spiro atoms. The average Bonchev–Trinajstić information content (AvgIpc) is 3.72. The Morgan fingerprint density at radius 1 is 0.500 bits per heavy atom. The molecule has 1 N–H and O–H groups in total. The number of unbranched alkanes of at least 4 members (excludes halogenated alkanes) is 6. The Hall–Kier alpha value is -4.47. The molecule has 0 aliphatic carbocycles. The van der Waals surface area contributed by atoms with Crippen LogP contribution in [-0.2, 0) is 36.9 Å². The van der Waals surface area contributed by atoms with Gasteiger partial charge in [-0.25, -0.2) is 0 Å². The van der Waals surface area contributed by atoms with E-state index >= 15 is 0 Å². The molecule has 0 aliphatic heterocycles. The number of carbonyl (C=O) groups is 3. The minimum Gasteiger partial charge on any atom is -0.466 e. The zero-order valence-electron chi connectivity index (χ0n) is 33.2. The molecule has 0 fully saturated rings. The van der Waals surface area contributed by atoms with Gasteiger partial charge in [-0.15, -0.1) is 0 Å². The third-order valence-corrected chi connectivity index (χ3v) is 10.3. The van der Waals surface area contributed by atoms with Gasteiger partial charge in [-0.1, -0.05) is 108 Å². The molecule has 0 saturated heterocycles. The van der Waals surface area contributed by atoms with Crippen molar-refractivity contribution in [2.45, 2.75) is 104 Å². The van der Waals surface area contributed by atoms with Gasteiger partial charge in [0.1, 0.15) is 6.61 Å². The Balaban J connectivity index is 0.000000199. The molecule has 0 atom stereocenters. The Kier molecular flexibility index (Phi) is 19.7. The number of carbonyl (C=O) groups excluding carboxylic acids is 3. The number of hydrogen-bond acceptors (Lipinski definition) is 6. The maximum atomic E-state index is 11.4. The maximum Gasteiger partial charge on any atom is 0.305 e. The first-order valence-electron chi connectivity index (χ1n) is 20.3. The fourth-order valence-corrected chi connectivity index (χ4v) is 7.46. The van der Waals surface area contributed by atoms with E-state index in [1.165, 1.54) is 43.6 Å². The number of ketones is 1. The summed E-state index contributed by atoms with van der Waals surface area (Å²) in [5, 5.41) is 15.0. The highest BCUT2D eigenvalue weighted by molar-refractivity contribution is 9.09. The monoisotopic (exact) mass is 826 g/mol. The summed E-state index contributed by atoms with van der Waals surface area (Å²) in [6.07, 6.45) is 10.7. The molecule has 8 nitrogen and oxygen atoms in total. The number of fused-ring (bicyclic) bond motifs is 6. The van der Waals surface area contributed by atoms with Crippen molar-refractivity contribution in [2.75, 3.05) is 25.2 Å².